The van der Waals surface area contributed by atoms with Crippen LogP contribution in [0, 0.1) is 6.92 Å². The van der Waals surface area contributed by atoms with Gasteiger partial charge in [-0.3, -0.25) is 4.68 Å². The highest BCUT2D eigenvalue weighted by atomic mass is 16.5. The molecule has 0 aliphatic carbocycles. The molecule has 1 aromatic heterocycles. The first kappa shape index (κ1) is 13.2. The molecule has 1 aliphatic heterocycles. The van der Waals surface area contributed by atoms with Gasteiger partial charge in [-0.05, 0) is 37.2 Å². The van der Waals surface area contributed by atoms with Crippen molar-refractivity contribution >= 4 is 0 Å². The van der Waals surface area contributed by atoms with Crippen molar-refractivity contribution in [3.63, 3.8) is 0 Å². The molecule has 2 aromatic rings. The van der Waals surface area contributed by atoms with Gasteiger partial charge >= 0.3 is 0 Å². The fourth-order valence-electron chi connectivity index (χ4n) is 2.87. The molecule has 20 heavy (non-hydrogen) atoms. The van der Waals surface area contributed by atoms with Crippen molar-refractivity contribution in [3.05, 3.63) is 46.8 Å². The van der Waals surface area contributed by atoms with Crippen molar-refractivity contribution in [1.82, 2.24) is 15.1 Å². The second-order valence-electron chi connectivity index (χ2n) is 5.41. The highest BCUT2D eigenvalue weighted by Gasteiger charge is 2.17. The minimum atomic E-state index is 0.302. The van der Waals surface area contributed by atoms with Crippen molar-refractivity contribution in [1.29, 1.82) is 0 Å². The normalized spacial score (nSPS) is 14.9. The molecule has 0 radical (unpaired) electrons. The highest BCUT2D eigenvalue weighted by Crippen LogP contribution is 2.29. The van der Waals surface area contributed by atoms with Crippen LogP contribution in [0.2, 0.25) is 0 Å². The van der Waals surface area contributed by atoms with E-state index in [0.717, 1.165) is 30.9 Å². The molecule has 0 saturated carbocycles. The second-order valence-corrected chi connectivity index (χ2v) is 5.41. The molecule has 1 unspecified atom stereocenters. The molecule has 4 heteroatoms. The molecule has 0 saturated heterocycles. The van der Waals surface area contributed by atoms with Crippen LogP contribution in [0.5, 0.6) is 5.75 Å². The van der Waals surface area contributed by atoms with Gasteiger partial charge in [-0.1, -0.05) is 12.1 Å². The van der Waals surface area contributed by atoms with Crippen LogP contribution in [0.1, 0.15) is 28.6 Å². The van der Waals surface area contributed by atoms with Gasteiger partial charge in [0.25, 0.3) is 0 Å². The lowest BCUT2D eigenvalue weighted by Gasteiger charge is -2.17. The number of aryl methyl sites for hydroxylation is 2. The summed E-state index contributed by atoms with van der Waals surface area (Å²) in [5.74, 6) is 1.04. The number of hydrogen-bond acceptors (Lipinski definition) is 3. The maximum Gasteiger partial charge on any atom is 0.122 e. The Balaban J connectivity index is 1.84. The minimum Gasteiger partial charge on any atom is -0.493 e. The zero-order valence-electron chi connectivity index (χ0n) is 12.3. The predicted molar refractivity (Wildman–Crippen MR) is 79.1 cm³/mol. The standard InChI is InChI=1S/C16H21N3O/c1-11-8-14(19(3)18-11)10-15(17-2)12-4-5-16-13(9-12)6-7-20-16/h4-5,8-9,15,17H,6-7,10H2,1-3H3. The third-order valence-corrected chi connectivity index (χ3v) is 3.98. The Morgan fingerprint density at radius 2 is 2.25 bits per heavy atom. The van der Waals surface area contributed by atoms with E-state index in [4.69, 9.17) is 4.74 Å². The molecule has 0 fully saturated rings. The van der Waals surface area contributed by atoms with Crippen molar-refractivity contribution < 1.29 is 4.74 Å². The smallest absolute Gasteiger partial charge is 0.122 e. The molecule has 3 rings (SSSR count). The largest absolute Gasteiger partial charge is 0.493 e. The van der Waals surface area contributed by atoms with Gasteiger partial charge in [0.15, 0.2) is 0 Å². The second kappa shape index (κ2) is 5.29. The summed E-state index contributed by atoms with van der Waals surface area (Å²) in [5.41, 5.74) is 4.96. The van der Waals surface area contributed by atoms with Crippen molar-refractivity contribution in [2.45, 2.75) is 25.8 Å². The van der Waals surface area contributed by atoms with E-state index in [9.17, 15) is 0 Å². The monoisotopic (exact) mass is 271 g/mol. The summed E-state index contributed by atoms with van der Waals surface area (Å²) in [7, 11) is 4.02. The maximum absolute atomic E-state index is 5.57. The predicted octanol–water partition coefficient (Wildman–Crippen LogP) is 2.17. The minimum absolute atomic E-state index is 0.302. The van der Waals surface area contributed by atoms with Gasteiger partial charge in [0.1, 0.15) is 5.75 Å². The van der Waals surface area contributed by atoms with Crippen LogP contribution in [0.3, 0.4) is 0 Å². The number of hydrogen-bond donors (Lipinski definition) is 1. The van der Waals surface area contributed by atoms with Gasteiger partial charge in [0.05, 0.1) is 12.3 Å². The Kier molecular flexibility index (Phi) is 3.49. The van der Waals surface area contributed by atoms with E-state index in [1.807, 2.05) is 25.7 Å². The molecule has 0 amide bonds. The zero-order chi connectivity index (χ0) is 14.1. The average molecular weight is 271 g/mol. The molecule has 1 aromatic carbocycles. The Bertz CT molecular complexity index is 618. The first-order chi connectivity index (χ1) is 9.67. The Morgan fingerprint density at radius 1 is 1.40 bits per heavy atom. The van der Waals surface area contributed by atoms with Crippen LogP contribution in [-0.4, -0.2) is 23.4 Å². The Labute approximate surface area is 119 Å². The number of ether oxygens (including phenoxy) is 1. The molecule has 1 aliphatic rings. The Morgan fingerprint density at radius 3 is 2.95 bits per heavy atom. The fourth-order valence-corrected chi connectivity index (χ4v) is 2.87. The van der Waals surface area contributed by atoms with E-state index in [-0.39, 0.29) is 0 Å². The number of aromatic nitrogens is 2. The average Bonchev–Trinajstić information content (AvgIpc) is 3.01. The summed E-state index contributed by atoms with van der Waals surface area (Å²) in [6.45, 7) is 2.84. The van der Waals surface area contributed by atoms with E-state index in [0.29, 0.717) is 6.04 Å². The Hall–Kier alpha value is -1.81. The number of fused-ring (bicyclic) bond motifs is 1. The molecule has 0 bridgehead atoms. The summed E-state index contributed by atoms with van der Waals surface area (Å²) in [6, 6.07) is 8.98. The SMILES string of the molecule is CNC(Cc1cc(C)nn1C)c1ccc2c(c1)CCO2. The fraction of sp³-hybridized carbons (Fsp3) is 0.438. The molecular formula is C16H21N3O. The first-order valence-corrected chi connectivity index (χ1v) is 7.10. The summed E-state index contributed by atoms with van der Waals surface area (Å²) in [4.78, 5) is 0. The topological polar surface area (TPSA) is 39.1 Å². The van der Waals surface area contributed by atoms with Crippen molar-refractivity contribution in [2.24, 2.45) is 7.05 Å². The lowest BCUT2D eigenvalue weighted by molar-refractivity contribution is 0.356. The van der Waals surface area contributed by atoms with Gasteiger partial charge < -0.3 is 10.1 Å². The molecule has 0 spiro atoms. The lowest BCUT2D eigenvalue weighted by Crippen LogP contribution is -2.20. The van der Waals surface area contributed by atoms with E-state index in [1.165, 1.54) is 16.8 Å². The summed E-state index contributed by atoms with van der Waals surface area (Å²) >= 11 is 0. The lowest BCUT2D eigenvalue weighted by atomic mass is 9.99. The third-order valence-electron chi connectivity index (χ3n) is 3.98. The third kappa shape index (κ3) is 2.43. The van der Waals surface area contributed by atoms with Crippen LogP contribution in [0.15, 0.2) is 24.3 Å². The number of nitrogens with zero attached hydrogens (tertiary/aromatic N) is 2. The number of rotatable bonds is 4. The molecule has 106 valence electrons. The molecule has 2 heterocycles. The zero-order valence-corrected chi connectivity index (χ0v) is 12.3. The van der Waals surface area contributed by atoms with E-state index < -0.39 is 0 Å². The molecule has 1 atom stereocenters. The van der Waals surface area contributed by atoms with Gasteiger partial charge in [-0.15, -0.1) is 0 Å². The molecular weight excluding hydrogens is 250 g/mol. The van der Waals surface area contributed by atoms with Crippen molar-refractivity contribution in [3.8, 4) is 5.75 Å². The van der Waals surface area contributed by atoms with E-state index in [2.05, 4.69) is 34.7 Å². The van der Waals surface area contributed by atoms with Crippen LogP contribution < -0.4 is 10.1 Å². The van der Waals surface area contributed by atoms with Crippen LogP contribution in [0.25, 0.3) is 0 Å². The maximum atomic E-state index is 5.57. The quantitative estimate of drug-likeness (QED) is 0.926. The van der Waals surface area contributed by atoms with Crippen LogP contribution in [0.4, 0.5) is 0 Å². The molecule has 4 nitrogen and oxygen atoms in total. The molecule has 1 N–H and O–H groups in total. The first-order valence-electron chi connectivity index (χ1n) is 7.10. The van der Waals surface area contributed by atoms with E-state index in [1.54, 1.807) is 0 Å². The van der Waals surface area contributed by atoms with E-state index >= 15 is 0 Å². The van der Waals surface area contributed by atoms with Crippen molar-refractivity contribution in [2.75, 3.05) is 13.7 Å². The number of benzene rings is 1. The number of likely N-dealkylation sites (N-methyl/N-ethyl adjacent to an activating group) is 1. The van der Waals surface area contributed by atoms with Gasteiger partial charge in [-0.25, -0.2) is 0 Å². The van der Waals surface area contributed by atoms with Crippen LogP contribution >= 0.6 is 0 Å². The van der Waals surface area contributed by atoms with Crippen LogP contribution in [-0.2, 0) is 19.9 Å². The number of nitrogens with one attached hydrogen (secondary N) is 1. The van der Waals surface area contributed by atoms with Gasteiger partial charge in [0.2, 0.25) is 0 Å². The van der Waals surface area contributed by atoms with Gasteiger partial charge in [-0.2, -0.15) is 5.10 Å². The summed E-state index contributed by atoms with van der Waals surface area (Å²) < 4.78 is 7.54. The highest BCUT2D eigenvalue weighted by molar-refractivity contribution is 5.41. The summed E-state index contributed by atoms with van der Waals surface area (Å²) in [6.07, 6.45) is 1.96. The van der Waals surface area contributed by atoms with Gasteiger partial charge in [0, 0.05) is 31.6 Å². The summed E-state index contributed by atoms with van der Waals surface area (Å²) in [5, 5.41) is 7.83.